The van der Waals surface area contributed by atoms with Gasteiger partial charge in [-0.3, -0.25) is 4.79 Å². The number of ketones is 1. The molecule has 5 heteroatoms. The third kappa shape index (κ3) is 2.56. The first kappa shape index (κ1) is 12.3. The van der Waals surface area contributed by atoms with Crippen molar-refractivity contribution in [3.8, 4) is 0 Å². The van der Waals surface area contributed by atoms with Gasteiger partial charge in [-0.15, -0.1) is 0 Å². The van der Waals surface area contributed by atoms with Crippen molar-refractivity contribution in [2.75, 3.05) is 18.8 Å². The van der Waals surface area contributed by atoms with E-state index >= 15 is 0 Å². The van der Waals surface area contributed by atoms with Gasteiger partial charge in [0.1, 0.15) is 0 Å². The molecule has 1 fully saturated rings. The van der Waals surface area contributed by atoms with Crippen molar-refractivity contribution < 1.29 is 13.2 Å². The van der Waals surface area contributed by atoms with Gasteiger partial charge in [0.25, 0.3) is 0 Å². The van der Waals surface area contributed by atoms with Crippen LogP contribution in [0.4, 0.5) is 0 Å². The second-order valence-electron chi connectivity index (χ2n) is 4.24. The van der Waals surface area contributed by atoms with Gasteiger partial charge < -0.3 is 0 Å². The highest BCUT2D eigenvalue weighted by Crippen LogP contribution is 2.15. The van der Waals surface area contributed by atoms with E-state index in [4.69, 9.17) is 0 Å². The lowest BCUT2D eigenvalue weighted by molar-refractivity contribution is 0.0968. The topological polar surface area (TPSA) is 54.5 Å². The van der Waals surface area contributed by atoms with Gasteiger partial charge in [0.2, 0.25) is 10.0 Å². The number of benzene rings is 1. The fourth-order valence-corrected chi connectivity index (χ4v) is 3.47. The first-order valence-electron chi connectivity index (χ1n) is 5.57. The molecule has 0 bridgehead atoms. The van der Waals surface area contributed by atoms with Gasteiger partial charge in [0, 0.05) is 12.1 Å². The lowest BCUT2D eigenvalue weighted by Crippen LogP contribution is -2.31. The van der Waals surface area contributed by atoms with Crippen LogP contribution in [0.1, 0.15) is 22.3 Å². The van der Waals surface area contributed by atoms with Gasteiger partial charge in [0.05, 0.1) is 12.3 Å². The zero-order chi connectivity index (χ0) is 12.5. The first-order valence-corrected chi connectivity index (χ1v) is 7.18. The number of sulfonamides is 1. The van der Waals surface area contributed by atoms with Crippen LogP contribution in [-0.4, -0.2) is 37.3 Å². The molecule has 17 heavy (non-hydrogen) atoms. The number of rotatable bonds is 3. The maximum Gasteiger partial charge on any atom is 0.214 e. The molecule has 1 aromatic rings. The number of nitrogens with zero attached hydrogens (tertiary/aromatic N) is 1. The Bertz CT molecular complexity index is 536. The van der Waals surface area contributed by atoms with Crippen LogP contribution in [0.15, 0.2) is 24.3 Å². The van der Waals surface area contributed by atoms with Gasteiger partial charge in [-0.2, -0.15) is 4.31 Å². The Labute approximate surface area is 101 Å². The summed E-state index contributed by atoms with van der Waals surface area (Å²) in [5.41, 5.74) is 1.49. The normalized spacial score (nSPS) is 19.4. The maximum absolute atomic E-state index is 12.0. The van der Waals surface area contributed by atoms with Crippen LogP contribution in [0.2, 0.25) is 0 Å². The third-order valence-electron chi connectivity index (χ3n) is 2.97. The van der Waals surface area contributed by atoms with Crippen molar-refractivity contribution in [1.82, 2.24) is 4.31 Å². The number of hydrogen-bond acceptors (Lipinski definition) is 3. The highest BCUT2D eigenvalue weighted by atomic mass is 32.2. The van der Waals surface area contributed by atoms with E-state index < -0.39 is 10.0 Å². The predicted octanol–water partition coefficient (Wildman–Crippen LogP) is 1.21. The lowest BCUT2D eigenvalue weighted by Gasteiger charge is -2.13. The van der Waals surface area contributed by atoms with Crippen LogP contribution in [0.5, 0.6) is 0 Å². The van der Waals surface area contributed by atoms with E-state index in [9.17, 15) is 13.2 Å². The summed E-state index contributed by atoms with van der Waals surface area (Å²) in [7, 11) is -3.19. The summed E-state index contributed by atoms with van der Waals surface area (Å²) < 4.78 is 24.5. The second kappa shape index (κ2) is 4.58. The molecule has 92 valence electrons. The van der Waals surface area contributed by atoms with E-state index in [0.29, 0.717) is 18.5 Å². The fraction of sp³-hybridized carbons (Fsp3) is 0.417. The van der Waals surface area contributed by atoms with Crippen LogP contribution < -0.4 is 0 Å². The van der Waals surface area contributed by atoms with Crippen LogP contribution in [0.3, 0.4) is 0 Å². The zero-order valence-corrected chi connectivity index (χ0v) is 10.5. The molecule has 0 atom stereocenters. The van der Waals surface area contributed by atoms with E-state index in [2.05, 4.69) is 0 Å². The van der Waals surface area contributed by atoms with Gasteiger partial charge in [0.15, 0.2) is 5.78 Å². The first-order chi connectivity index (χ1) is 8.00. The zero-order valence-electron chi connectivity index (χ0n) is 9.72. The van der Waals surface area contributed by atoms with Gasteiger partial charge in [-0.25, -0.2) is 8.42 Å². The number of carbonyl (C=O) groups is 1. The molecule has 2 rings (SSSR count). The molecule has 1 saturated heterocycles. The van der Waals surface area contributed by atoms with Crippen molar-refractivity contribution in [3.05, 3.63) is 35.4 Å². The highest BCUT2D eigenvalue weighted by Gasteiger charge is 2.30. The van der Waals surface area contributed by atoms with Crippen molar-refractivity contribution in [1.29, 1.82) is 0 Å². The molecular weight excluding hydrogens is 238 g/mol. The Morgan fingerprint density at radius 2 is 2.06 bits per heavy atom. The minimum absolute atomic E-state index is 0.0345. The second-order valence-corrected chi connectivity index (χ2v) is 6.33. The van der Waals surface area contributed by atoms with Crippen LogP contribution >= 0.6 is 0 Å². The Hall–Kier alpha value is -1.20. The molecule has 0 radical (unpaired) electrons. The summed E-state index contributed by atoms with van der Waals surface area (Å²) in [4.78, 5) is 12.0. The van der Waals surface area contributed by atoms with E-state index in [0.717, 1.165) is 5.56 Å². The Morgan fingerprint density at radius 3 is 2.65 bits per heavy atom. The summed E-state index contributed by atoms with van der Waals surface area (Å²) in [5, 5.41) is 0. The smallest absolute Gasteiger partial charge is 0.214 e. The lowest BCUT2D eigenvalue weighted by atomic mass is 10.1. The van der Waals surface area contributed by atoms with Gasteiger partial charge in [-0.05, 0) is 18.9 Å². The molecular formula is C12H15NO3S. The summed E-state index contributed by atoms with van der Waals surface area (Å²) in [6, 6.07) is 7.24. The number of hydrogen-bond donors (Lipinski definition) is 0. The molecule has 0 spiro atoms. The number of Topliss-reactive ketones (excluding diaryl/α,β-unsaturated/α-hetero) is 1. The average molecular weight is 253 g/mol. The minimum atomic E-state index is -3.19. The Balaban J connectivity index is 2.16. The largest absolute Gasteiger partial charge is 0.293 e. The van der Waals surface area contributed by atoms with Crippen molar-refractivity contribution >= 4 is 15.8 Å². The summed E-state index contributed by atoms with van der Waals surface area (Å²) in [6.07, 6.45) is 0.614. The van der Waals surface area contributed by atoms with E-state index in [1.807, 2.05) is 19.1 Å². The van der Waals surface area contributed by atoms with Crippen molar-refractivity contribution in [2.24, 2.45) is 0 Å². The molecule has 0 aromatic heterocycles. The molecule has 1 heterocycles. The highest BCUT2D eigenvalue weighted by molar-refractivity contribution is 7.89. The van der Waals surface area contributed by atoms with Gasteiger partial charge >= 0.3 is 0 Å². The maximum atomic E-state index is 12.0. The van der Waals surface area contributed by atoms with Crippen LogP contribution in [0, 0.1) is 6.92 Å². The molecule has 4 nitrogen and oxygen atoms in total. The summed E-state index contributed by atoms with van der Waals surface area (Å²) in [5.74, 6) is 0.0298. The SMILES string of the molecule is Cc1ccccc1C(=O)CN1CCCS1(=O)=O. The van der Waals surface area contributed by atoms with Crippen molar-refractivity contribution in [2.45, 2.75) is 13.3 Å². The summed E-state index contributed by atoms with van der Waals surface area (Å²) >= 11 is 0. The molecule has 1 aromatic carbocycles. The fourth-order valence-electron chi connectivity index (χ4n) is 2.00. The number of aryl methyl sites for hydroxylation is 1. The average Bonchev–Trinajstić information content (AvgIpc) is 2.59. The predicted molar refractivity (Wildman–Crippen MR) is 65.5 cm³/mol. The molecule has 0 aliphatic carbocycles. The minimum Gasteiger partial charge on any atom is -0.293 e. The standard InChI is InChI=1S/C12H15NO3S/c1-10-5-2-3-6-11(10)12(14)9-13-7-4-8-17(13,15)16/h2-3,5-6H,4,7-9H2,1H3. The van der Waals surface area contributed by atoms with E-state index in [-0.39, 0.29) is 18.1 Å². The summed E-state index contributed by atoms with van der Waals surface area (Å²) in [6.45, 7) is 2.28. The monoisotopic (exact) mass is 253 g/mol. The van der Waals surface area contributed by atoms with Crippen LogP contribution in [-0.2, 0) is 10.0 Å². The van der Waals surface area contributed by atoms with E-state index in [1.54, 1.807) is 12.1 Å². The quantitative estimate of drug-likeness (QED) is 0.761. The molecule has 0 N–H and O–H groups in total. The van der Waals surface area contributed by atoms with Crippen LogP contribution in [0.25, 0.3) is 0 Å². The Kier molecular flexibility index (Phi) is 3.31. The van der Waals surface area contributed by atoms with Crippen molar-refractivity contribution in [3.63, 3.8) is 0 Å². The van der Waals surface area contributed by atoms with E-state index in [1.165, 1.54) is 4.31 Å². The molecule has 0 saturated carbocycles. The molecule has 0 amide bonds. The molecule has 1 aliphatic rings. The number of carbonyl (C=O) groups excluding carboxylic acids is 1. The third-order valence-corrected chi connectivity index (χ3v) is 4.87. The molecule has 1 aliphatic heterocycles. The van der Waals surface area contributed by atoms with Gasteiger partial charge in [-0.1, -0.05) is 24.3 Å². The Morgan fingerprint density at radius 1 is 1.35 bits per heavy atom. The molecule has 0 unspecified atom stereocenters.